The molecule has 0 amide bonds. The van der Waals surface area contributed by atoms with Crippen LogP contribution in [0.25, 0.3) is 0 Å². The molecule has 0 radical (unpaired) electrons. The fourth-order valence-corrected chi connectivity index (χ4v) is 1.05. The summed E-state index contributed by atoms with van der Waals surface area (Å²) in [5.41, 5.74) is 0. The molecule has 0 saturated heterocycles. The third kappa shape index (κ3) is 7.36. The van der Waals surface area contributed by atoms with E-state index in [1.807, 2.05) is 12.3 Å². The SMILES string of the molecule is CSCCC(=O)/C=C/CCC#N. The summed E-state index contributed by atoms with van der Waals surface area (Å²) in [4.78, 5) is 11.0. The molecule has 0 N–H and O–H groups in total. The van der Waals surface area contributed by atoms with Crippen molar-refractivity contribution in [2.24, 2.45) is 0 Å². The molecule has 0 aliphatic rings. The van der Waals surface area contributed by atoms with Crippen molar-refractivity contribution in [3.05, 3.63) is 12.2 Å². The van der Waals surface area contributed by atoms with Crippen LogP contribution in [0.4, 0.5) is 0 Å². The van der Waals surface area contributed by atoms with E-state index in [2.05, 4.69) is 0 Å². The van der Waals surface area contributed by atoms with Crippen LogP contribution in [-0.4, -0.2) is 17.8 Å². The van der Waals surface area contributed by atoms with Crippen LogP contribution < -0.4 is 0 Å². The average Bonchev–Trinajstić information content (AvgIpc) is 2.09. The van der Waals surface area contributed by atoms with E-state index in [0.717, 1.165) is 5.75 Å². The highest BCUT2D eigenvalue weighted by Gasteiger charge is 1.93. The number of unbranched alkanes of at least 4 members (excludes halogenated alkanes) is 1. The number of hydrogen-bond donors (Lipinski definition) is 0. The van der Waals surface area contributed by atoms with Crippen molar-refractivity contribution in [2.75, 3.05) is 12.0 Å². The second kappa shape index (κ2) is 8.35. The summed E-state index contributed by atoms with van der Waals surface area (Å²) in [6.45, 7) is 0. The average molecular weight is 183 g/mol. The van der Waals surface area contributed by atoms with Gasteiger partial charge in [0.2, 0.25) is 0 Å². The van der Waals surface area contributed by atoms with Crippen LogP contribution in [0.3, 0.4) is 0 Å². The van der Waals surface area contributed by atoms with Gasteiger partial charge in [0, 0.05) is 18.6 Å². The van der Waals surface area contributed by atoms with E-state index in [9.17, 15) is 4.79 Å². The molecule has 0 aromatic carbocycles. The van der Waals surface area contributed by atoms with Gasteiger partial charge in [-0.25, -0.2) is 0 Å². The summed E-state index contributed by atoms with van der Waals surface area (Å²) < 4.78 is 0. The first-order chi connectivity index (χ1) is 5.81. The maximum atomic E-state index is 11.0. The smallest absolute Gasteiger partial charge is 0.156 e. The molecule has 0 saturated carbocycles. The number of carbonyl (C=O) groups is 1. The van der Waals surface area contributed by atoms with Gasteiger partial charge in [0.25, 0.3) is 0 Å². The number of nitrogens with zero attached hydrogens (tertiary/aromatic N) is 1. The highest BCUT2D eigenvalue weighted by atomic mass is 32.2. The van der Waals surface area contributed by atoms with Crippen molar-refractivity contribution >= 4 is 17.5 Å². The van der Waals surface area contributed by atoms with Crippen LogP contribution in [0.5, 0.6) is 0 Å². The van der Waals surface area contributed by atoms with E-state index in [4.69, 9.17) is 5.26 Å². The van der Waals surface area contributed by atoms with Crippen molar-refractivity contribution in [1.82, 2.24) is 0 Å². The van der Waals surface area contributed by atoms with Crippen LogP contribution in [-0.2, 0) is 4.79 Å². The van der Waals surface area contributed by atoms with Crippen LogP contribution >= 0.6 is 11.8 Å². The Hall–Kier alpha value is -0.750. The molecule has 66 valence electrons. The quantitative estimate of drug-likeness (QED) is 0.468. The van der Waals surface area contributed by atoms with E-state index in [1.165, 1.54) is 0 Å². The maximum Gasteiger partial charge on any atom is 0.156 e. The molecule has 0 rings (SSSR count). The van der Waals surface area contributed by atoms with E-state index >= 15 is 0 Å². The fourth-order valence-electron chi connectivity index (χ4n) is 0.649. The lowest BCUT2D eigenvalue weighted by Crippen LogP contribution is -1.93. The van der Waals surface area contributed by atoms with Gasteiger partial charge in [-0.2, -0.15) is 17.0 Å². The second-order valence-corrected chi connectivity index (χ2v) is 3.29. The monoisotopic (exact) mass is 183 g/mol. The molecule has 0 spiro atoms. The van der Waals surface area contributed by atoms with Gasteiger partial charge in [0.15, 0.2) is 5.78 Å². The van der Waals surface area contributed by atoms with E-state index in [-0.39, 0.29) is 5.78 Å². The zero-order valence-electron chi connectivity index (χ0n) is 7.25. The second-order valence-electron chi connectivity index (χ2n) is 2.31. The molecule has 0 aliphatic carbocycles. The van der Waals surface area contributed by atoms with Gasteiger partial charge in [0.05, 0.1) is 6.07 Å². The van der Waals surface area contributed by atoms with Gasteiger partial charge in [0.1, 0.15) is 0 Å². The summed E-state index contributed by atoms with van der Waals surface area (Å²) in [6.07, 6.45) is 7.10. The normalized spacial score (nSPS) is 10.0. The minimum absolute atomic E-state index is 0.155. The van der Waals surface area contributed by atoms with Crippen LogP contribution in [0, 0.1) is 11.3 Å². The van der Waals surface area contributed by atoms with E-state index in [0.29, 0.717) is 19.3 Å². The fraction of sp³-hybridized carbons (Fsp3) is 0.556. The summed E-state index contributed by atoms with van der Waals surface area (Å²) in [5, 5.41) is 8.20. The number of nitriles is 1. The standard InChI is InChI=1S/C9H13NOS/c1-12-8-6-9(11)5-3-2-4-7-10/h3,5H,2,4,6,8H2,1H3/b5-3+. The number of carbonyl (C=O) groups excluding carboxylic acids is 1. The van der Waals surface area contributed by atoms with E-state index < -0.39 is 0 Å². The number of rotatable bonds is 6. The highest BCUT2D eigenvalue weighted by molar-refractivity contribution is 7.98. The first-order valence-electron chi connectivity index (χ1n) is 3.86. The molecule has 0 aromatic rings. The third-order valence-corrected chi connectivity index (χ3v) is 1.89. The van der Waals surface area contributed by atoms with Gasteiger partial charge >= 0.3 is 0 Å². The van der Waals surface area contributed by atoms with E-state index in [1.54, 1.807) is 23.9 Å². The predicted molar refractivity (Wildman–Crippen MR) is 52.0 cm³/mol. The van der Waals surface area contributed by atoms with Crippen molar-refractivity contribution in [2.45, 2.75) is 19.3 Å². The molecular weight excluding hydrogens is 170 g/mol. The highest BCUT2D eigenvalue weighted by Crippen LogP contribution is 1.98. The molecule has 0 aliphatic heterocycles. The Kier molecular flexibility index (Phi) is 7.83. The number of ketones is 1. The summed E-state index contributed by atoms with van der Waals surface area (Å²) >= 11 is 1.67. The minimum Gasteiger partial charge on any atom is -0.295 e. The minimum atomic E-state index is 0.155. The summed E-state index contributed by atoms with van der Waals surface area (Å²) in [6, 6.07) is 2.02. The van der Waals surface area contributed by atoms with Crippen molar-refractivity contribution < 1.29 is 4.79 Å². The number of thioether (sulfide) groups is 1. The molecule has 0 unspecified atom stereocenters. The molecule has 12 heavy (non-hydrogen) atoms. The molecule has 0 fully saturated rings. The Morgan fingerprint density at radius 3 is 3.00 bits per heavy atom. The van der Waals surface area contributed by atoms with Crippen LogP contribution in [0.15, 0.2) is 12.2 Å². The van der Waals surface area contributed by atoms with Crippen molar-refractivity contribution in [3.8, 4) is 6.07 Å². The Bertz CT molecular complexity index is 193. The maximum absolute atomic E-state index is 11.0. The Morgan fingerprint density at radius 2 is 2.42 bits per heavy atom. The predicted octanol–water partition coefficient (Wildman–Crippen LogP) is 2.17. The molecule has 0 heterocycles. The first kappa shape index (κ1) is 11.2. The zero-order valence-corrected chi connectivity index (χ0v) is 8.06. The molecular formula is C9H13NOS. The molecule has 2 nitrogen and oxygen atoms in total. The van der Waals surface area contributed by atoms with Crippen molar-refractivity contribution in [3.63, 3.8) is 0 Å². The van der Waals surface area contributed by atoms with Crippen molar-refractivity contribution in [1.29, 1.82) is 5.26 Å². The topological polar surface area (TPSA) is 40.9 Å². The van der Waals surface area contributed by atoms with Gasteiger partial charge in [-0.15, -0.1) is 0 Å². The van der Waals surface area contributed by atoms with Gasteiger partial charge < -0.3 is 0 Å². The Morgan fingerprint density at radius 1 is 1.67 bits per heavy atom. The first-order valence-corrected chi connectivity index (χ1v) is 5.26. The summed E-state index contributed by atoms with van der Waals surface area (Å²) in [7, 11) is 0. The van der Waals surface area contributed by atoms with Crippen LogP contribution in [0.2, 0.25) is 0 Å². The van der Waals surface area contributed by atoms with Gasteiger partial charge in [-0.1, -0.05) is 6.08 Å². The zero-order chi connectivity index (χ0) is 9.23. The lowest BCUT2D eigenvalue weighted by atomic mass is 10.2. The van der Waals surface area contributed by atoms with Crippen LogP contribution in [0.1, 0.15) is 19.3 Å². The largest absolute Gasteiger partial charge is 0.295 e. The summed E-state index contributed by atoms with van der Waals surface area (Å²) in [5.74, 6) is 1.03. The number of hydrogen-bond acceptors (Lipinski definition) is 3. The lowest BCUT2D eigenvalue weighted by molar-refractivity contribution is -0.114. The molecule has 3 heteroatoms. The third-order valence-electron chi connectivity index (χ3n) is 1.28. The number of allylic oxidation sites excluding steroid dienone is 2. The molecule has 0 bridgehead atoms. The van der Waals surface area contributed by atoms with Gasteiger partial charge in [-0.3, -0.25) is 4.79 Å². The Balaban J connectivity index is 3.42. The molecule has 0 aromatic heterocycles. The lowest BCUT2D eigenvalue weighted by Gasteiger charge is -1.90. The van der Waals surface area contributed by atoms with Gasteiger partial charge in [-0.05, 0) is 18.8 Å². The Labute approximate surface area is 77.6 Å². The molecule has 0 atom stereocenters.